The topological polar surface area (TPSA) is 18.8 Å². The molecule has 0 aliphatic heterocycles. The van der Waals surface area contributed by atoms with Gasteiger partial charge >= 0.3 is 0 Å². The Bertz CT molecular complexity index is 567. The number of hydrogen-bond donors (Lipinski definition) is 0. The average molecular weight is 311 g/mol. The van der Waals surface area contributed by atoms with Crippen LogP contribution in [0.15, 0.2) is 65.7 Å². The van der Waals surface area contributed by atoms with Crippen molar-refractivity contribution in [3.8, 4) is 0 Å². The Kier molecular flexibility index (Phi) is 6.10. The van der Waals surface area contributed by atoms with E-state index in [0.29, 0.717) is 5.11 Å². The second-order valence-electron chi connectivity index (χ2n) is 5.32. The maximum absolute atomic E-state index is 5.49. The van der Waals surface area contributed by atoms with E-state index in [2.05, 4.69) is 34.2 Å². The van der Waals surface area contributed by atoms with E-state index in [9.17, 15) is 0 Å². The van der Waals surface area contributed by atoms with E-state index in [-0.39, 0.29) is 0 Å². The van der Waals surface area contributed by atoms with Gasteiger partial charge in [0.2, 0.25) is 0 Å². The van der Waals surface area contributed by atoms with Gasteiger partial charge in [0.05, 0.1) is 6.34 Å². The molecule has 0 aliphatic rings. The van der Waals surface area contributed by atoms with Gasteiger partial charge < -0.3 is 9.80 Å². The summed E-state index contributed by atoms with van der Waals surface area (Å²) in [6.07, 6.45) is 1.74. The van der Waals surface area contributed by atoms with E-state index in [1.54, 1.807) is 6.34 Å². The van der Waals surface area contributed by atoms with Crippen LogP contribution in [0.1, 0.15) is 11.1 Å². The molecule has 0 aliphatic carbocycles. The first-order valence-electron chi connectivity index (χ1n) is 7.22. The Morgan fingerprint density at radius 2 is 1.36 bits per heavy atom. The van der Waals surface area contributed by atoms with Crippen molar-refractivity contribution in [1.29, 1.82) is 0 Å². The molecule has 0 spiro atoms. The van der Waals surface area contributed by atoms with Gasteiger partial charge in [-0.1, -0.05) is 60.7 Å². The molecule has 0 radical (unpaired) electrons. The summed E-state index contributed by atoms with van der Waals surface area (Å²) < 4.78 is 0. The zero-order valence-electron chi connectivity index (χ0n) is 13.0. The van der Waals surface area contributed by atoms with Crippen molar-refractivity contribution in [1.82, 2.24) is 9.80 Å². The molecule has 0 fully saturated rings. The van der Waals surface area contributed by atoms with Gasteiger partial charge in [0.25, 0.3) is 0 Å². The molecule has 0 saturated carbocycles. The van der Waals surface area contributed by atoms with Crippen molar-refractivity contribution in [2.24, 2.45) is 4.99 Å². The highest BCUT2D eigenvalue weighted by Gasteiger charge is 2.10. The summed E-state index contributed by atoms with van der Waals surface area (Å²) >= 11 is 5.49. The molecule has 0 unspecified atom stereocenters. The highest BCUT2D eigenvalue weighted by Crippen LogP contribution is 2.11. The summed E-state index contributed by atoms with van der Waals surface area (Å²) in [5, 5.41) is 0.599. The lowest BCUT2D eigenvalue weighted by Gasteiger charge is -2.23. The normalized spacial score (nSPS) is 10.6. The molecular formula is C18H21N3S. The predicted octanol–water partition coefficient (Wildman–Crippen LogP) is 3.56. The number of aliphatic imine (C=N–C) groups is 1. The SMILES string of the molecule is CN(C)/C=N/C(=S)N(Cc1ccccc1)Cc1ccccc1. The number of hydrogen-bond acceptors (Lipinski definition) is 1. The molecule has 0 aromatic heterocycles. The fourth-order valence-corrected chi connectivity index (χ4v) is 2.22. The fourth-order valence-electron chi connectivity index (χ4n) is 2.05. The molecule has 2 aromatic rings. The van der Waals surface area contributed by atoms with E-state index in [0.717, 1.165) is 13.1 Å². The molecule has 3 nitrogen and oxygen atoms in total. The van der Waals surface area contributed by atoms with Crippen LogP contribution in [0.3, 0.4) is 0 Å². The van der Waals surface area contributed by atoms with E-state index in [4.69, 9.17) is 12.2 Å². The maximum atomic E-state index is 5.49. The first kappa shape index (κ1) is 16.2. The fraction of sp³-hybridized carbons (Fsp3) is 0.222. The summed E-state index contributed by atoms with van der Waals surface area (Å²) in [6.45, 7) is 1.50. The largest absolute Gasteiger partial charge is 0.369 e. The highest BCUT2D eigenvalue weighted by atomic mass is 32.1. The summed E-state index contributed by atoms with van der Waals surface area (Å²) in [5.74, 6) is 0. The van der Waals surface area contributed by atoms with Gasteiger partial charge in [-0.15, -0.1) is 0 Å². The maximum Gasteiger partial charge on any atom is 0.197 e. The van der Waals surface area contributed by atoms with Crippen LogP contribution in [0.2, 0.25) is 0 Å². The minimum Gasteiger partial charge on any atom is -0.369 e. The third-order valence-corrected chi connectivity index (χ3v) is 3.47. The number of benzene rings is 2. The van der Waals surface area contributed by atoms with Gasteiger partial charge in [0, 0.05) is 27.2 Å². The molecule has 2 aromatic carbocycles. The monoisotopic (exact) mass is 311 g/mol. The standard InChI is InChI=1S/C18H21N3S/c1-20(2)15-19-18(22)21(13-16-9-5-3-6-10-16)14-17-11-7-4-8-12-17/h3-12,15H,13-14H2,1-2H3/b19-15+. The first-order valence-corrected chi connectivity index (χ1v) is 7.63. The smallest absolute Gasteiger partial charge is 0.197 e. The van der Waals surface area contributed by atoms with Crippen molar-refractivity contribution in [3.63, 3.8) is 0 Å². The van der Waals surface area contributed by atoms with Crippen LogP contribution in [0.4, 0.5) is 0 Å². The molecule has 0 amide bonds. The third kappa shape index (κ3) is 5.30. The molecule has 22 heavy (non-hydrogen) atoms. The summed E-state index contributed by atoms with van der Waals surface area (Å²) in [7, 11) is 3.87. The molecule has 2 rings (SSSR count). The molecule has 4 heteroatoms. The van der Waals surface area contributed by atoms with E-state index < -0.39 is 0 Å². The first-order chi connectivity index (χ1) is 10.6. The predicted molar refractivity (Wildman–Crippen MR) is 96.9 cm³/mol. The van der Waals surface area contributed by atoms with E-state index >= 15 is 0 Å². The Labute approximate surface area is 137 Å². The molecule has 0 saturated heterocycles. The number of nitrogens with zero attached hydrogens (tertiary/aromatic N) is 3. The van der Waals surface area contributed by atoms with Crippen molar-refractivity contribution < 1.29 is 0 Å². The number of rotatable bonds is 5. The molecule has 0 N–H and O–H groups in total. The number of thiocarbonyl (C=S) groups is 1. The summed E-state index contributed by atoms with van der Waals surface area (Å²) in [5.41, 5.74) is 2.45. The zero-order chi connectivity index (χ0) is 15.8. The molecule has 0 heterocycles. The molecule has 0 atom stereocenters. The average Bonchev–Trinajstić information content (AvgIpc) is 2.54. The van der Waals surface area contributed by atoms with Crippen LogP contribution in [-0.4, -0.2) is 35.3 Å². The van der Waals surface area contributed by atoms with Crippen molar-refractivity contribution in [3.05, 3.63) is 71.8 Å². The quantitative estimate of drug-likeness (QED) is 0.478. The Balaban J connectivity index is 2.14. The van der Waals surface area contributed by atoms with Gasteiger partial charge in [0.1, 0.15) is 0 Å². The van der Waals surface area contributed by atoms with Crippen LogP contribution in [0.5, 0.6) is 0 Å². The summed E-state index contributed by atoms with van der Waals surface area (Å²) in [4.78, 5) is 8.37. The second kappa shape index (κ2) is 8.29. The van der Waals surface area contributed by atoms with Crippen LogP contribution < -0.4 is 0 Å². The lowest BCUT2D eigenvalue weighted by atomic mass is 10.2. The van der Waals surface area contributed by atoms with Gasteiger partial charge in [-0.25, -0.2) is 4.99 Å². The Morgan fingerprint density at radius 3 is 1.77 bits per heavy atom. The van der Waals surface area contributed by atoms with Gasteiger partial charge in [-0.3, -0.25) is 0 Å². The zero-order valence-corrected chi connectivity index (χ0v) is 13.8. The molecule has 114 valence electrons. The Hall–Kier alpha value is -2.20. The second-order valence-corrected chi connectivity index (χ2v) is 5.68. The van der Waals surface area contributed by atoms with Crippen LogP contribution >= 0.6 is 12.2 Å². The molecular weight excluding hydrogens is 290 g/mol. The van der Waals surface area contributed by atoms with Gasteiger partial charge in [-0.05, 0) is 23.3 Å². The minimum absolute atomic E-state index is 0.599. The van der Waals surface area contributed by atoms with Crippen LogP contribution in [0, 0.1) is 0 Å². The van der Waals surface area contributed by atoms with Crippen LogP contribution in [0.25, 0.3) is 0 Å². The lowest BCUT2D eigenvalue weighted by molar-refractivity contribution is 0.409. The van der Waals surface area contributed by atoms with Gasteiger partial charge in [-0.2, -0.15) is 0 Å². The van der Waals surface area contributed by atoms with E-state index in [1.807, 2.05) is 55.4 Å². The van der Waals surface area contributed by atoms with E-state index in [1.165, 1.54) is 11.1 Å². The van der Waals surface area contributed by atoms with Crippen LogP contribution in [-0.2, 0) is 13.1 Å². The summed E-state index contributed by atoms with van der Waals surface area (Å²) in [6, 6.07) is 20.6. The van der Waals surface area contributed by atoms with Gasteiger partial charge in [0.15, 0.2) is 5.11 Å². The van der Waals surface area contributed by atoms with Crippen molar-refractivity contribution >= 4 is 23.7 Å². The highest BCUT2D eigenvalue weighted by molar-refractivity contribution is 7.80. The lowest BCUT2D eigenvalue weighted by Crippen LogP contribution is -2.28. The van der Waals surface area contributed by atoms with Crippen molar-refractivity contribution in [2.75, 3.05) is 14.1 Å². The minimum atomic E-state index is 0.599. The third-order valence-electron chi connectivity index (χ3n) is 3.10. The van der Waals surface area contributed by atoms with Crippen molar-refractivity contribution in [2.45, 2.75) is 13.1 Å². The Morgan fingerprint density at radius 1 is 0.909 bits per heavy atom. The molecule has 0 bridgehead atoms.